The summed E-state index contributed by atoms with van der Waals surface area (Å²) in [7, 11) is 0. The summed E-state index contributed by atoms with van der Waals surface area (Å²) >= 11 is 0. The summed E-state index contributed by atoms with van der Waals surface area (Å²) in [5.74, 6) is -0.214. The van der Waals surface area contributed by atoms with Crippen LogP contribution in [0.25, 0.3) is 10.8 Å². The van der Waals surface area contributed by atoms with Gasteiger partial charge in [0.05, 0.1) is 0 Å². The van der Waals surface area contributed by atoms with Crippen LogP contribution in [0.4, 0.5) is 0 Å². The lowest BCUT2D eigenvalue weighted by molar-refractivity contribution is -0.671. The number of esters is 1. The molecular formula is C15H18ClNO2. The number of rotatable bonds is 5. The number of quaternary nitrogens is 1. The van der Waals surface area contributed by atoms with Crippen LogP contribution in [-0.2, 0) is 16.1 Å². The molecule has 0 saturated heterocycles. The number of carbonyl (C=O) groups excluding carboxylic acids is 1. The molecule has 0 aromatic heterocycles. The van der Waals surface area contributed by atoms with Gasteiger partial charge < -0.3 is 22.5 Å². The van der Waals surface area contributed by atoms with Crippen LogP contribution in [-0.4, -0.2) is 19.1 Å². The fraction of sp³-hybridized carbons (Fsp3) is 0.267. The fourth-order valence-corrected chi connectivity index (χ4v) is 2.01. The molecule has 0 aliphatic rings. The number of carbonyl (C=O) groups is 1. The zero-order chi connectivity index (χ0) is 12.8. The third kappa shape index (κ3) is 4.54. The number of ether oxygens (including phenoxy) is 1. The lowest BCUT2D eigenvalue weighted by Crippen LogP contribution is -3.00. The van der Waals surface area contributed by atoms with Crippen molar-refractivity contribution >= 4 is 16.7 Å². The van der Waals surface area contributed by atoms with Crippen LogP contribution >= 0.6 is 0 Å². The van der Waals surface area contributed by atoms with E-state index in [4.69, 9.17) is 4.74 Å². The summed E-state index contributed by atoms with van der Waals surface area (Å²) < 4.78 is 4.90. The Morgan fingerprint density at radius 3 is 2.68 bits per heavy atom. The van der Waals surface area contributed by atoms with Gasteiger partial charge in [0.1, 0.15) is 19.7 Å². The molecule has 0 spiro atoms. The number of hydrogen-bond donors (Lipinski definition) is 1. The van der Waals surface area contributed by atoms with Gasteiger partial charge in [-0.15, -0.1) is 0 Å². The van der Waals surface area contributed by atoms with Crippen LogP contribution in [0.15, 0.2) is 42.5 Å². The second-order valence-corrected chi connectivity index (χ2v) is 4.26. The maximum absolute atomic E-state index is 10.6. The molecule has 0 bridgehead atoms. The first-order valence-electron chi connectivity index (χ1n) is 6.19. The van der Waals surface area contributed by atoms with Crippen molar-refractivity contribution in [2.24, 2.45) is 0 Å². The second kappa shape index (κ2) is 7.77. The van der Waals surface area contributed by atoms with E-state index in [0.717, 1.165) is 13.1 Å². The molecule has 0 heterocycles. The van der Waals surface area contributed by atoms with E-state index >= 15 is 0 Å². The SMILES string of the molecule is CC(=O)OCC[NH2+]Cc1cccc2ccccc12.[Cl-]. The third-order valence-corrected chi connectivity index (χ3v) is 2.87. The monoisotopic (exact) mass is 279 g/mol. The molecule has 0 atom stereocenters. The Bertz CT molecular complexity index is 537. The number of nitrogens with two attached hydrogens (primary N) is 1. The standard InChI is InChI=1S/C15H17NO2.ClH/c1-12(17)18-10-9-16-11-14-7-4-6-13-5-2-3-8-15(13)14;/h2-8,16H,9-11H2,1H3;1H. The van der Waals surface area contributed by atoms with Crippen LogP contribution in [0.1, 0.15) is 12.5 Å². The number of hydrogen-bond acceptors (Lipinski definition) is 2. The van der Waals surface area contributed by atoms with Gasteiger partial charge in [-0.1, -0.05) is 42.5 Å². The molecule has 0 amide bonds. The highest BCUT2D eigenvalue weighted by Gasteiger charge is 2.02. The van der Waals surface area contributed by atoms with Crippen molar-refractivity contribution < 1.29 is 27.3 Å². The van der Waals surface area contributed by atoms with Gasteiger partial charge in [0.15, 0.2) is 0 Å². The minimum atomic E-state index is -0.214. The van der Waals surface area contributed by atoms with Crippen molar-refractivity contribution in [3.8, 4) is 0 Å². The molecule has 2 aromatic rings. The van der Waals surface area contributed by atoms with Crippen molar-refractivity contribution in [2.75, 3.05) is 13.2 Å². The fourth-order valence-electron chi connectivity index (χ4n) is 2.01. The van der Waals surface area contributed by atoms with Gasteiger partial charge in [-0.05, 0) is 10.8 Å². The molecular weight excluding hydrogens is 262 g/mol. The molecule has 2 aromatic carbocycles. The maximum atomic E-state index is 10.6. The summed E-state index contributed by atoms with van der Waals surface area (Å²) in [6.45, 7) is 3.61. The second-order valence-electron chi connectivity index (χ2n) is 4.26. The zero-order valence-electron chi connectivity index (χ0n) is 10.9. The molecule has 4 heteroatoms. The molecule has 0 aliphatic carbocycles. The minimum Gasteiger partial charge on any atom is -1.00 e. The summed E-state index contributed by atoms with van der Waals surface area (Å²) in [6, 6.07) is 14.7. The van der Waals surface area contributed by atoms with Crippen LogP contribution in [0.5, 0.6) is 0 Å². The van der Waals surface area contributed by atoms with Gasteiger partial charge in [-0.2, -0.15) is 0 Å². The van der Waals surface area contributed by atoms with E-state index < -0.39 is 0 Å². The number of halogens is 1. The topological polar surface area (TPSA) is 42.9 Å². The van der Waals surface area contributed by atoms with E-state index in [0.29, 0.717) is 6.61 Å². The van der Waals surface area contributed by atoms with Crippen molar-refractivity contribution in [3.63, 3.8) is 0 Å². The molecule has 3 nitrogen and oxygen atoms in total. The first-order valence-corrected chi connectivity index (χ1v) is 6.19. The van der Waals surface area contributed by atoms with Crippen molar-refractivity contribution in [1.29, 1.82) is 0 Å². The van der Waals surface area contributed by atoms with Crippen LogP contribution < -0.4 is 17.7 Å². The first kappa shape index (κ1) is 15.5. The number of fused-ring (bicyclic) bond motifs is 1. The van der Waals surface area contributed by atoms with E-state index in [9.17, 15) is 4.79 Å². The molecule has 0 radical (unpaired) electrons. The Labute approximate surface area is 119 Å². The van der Waals surface area contributed by atoms with Crippen molar-refractivity contribution in [1.82, 2.24) is 0 Å². The summed E-state index contributed by atoms with van der Waals surface area (Å²) in [6.07, 6.45) is 0. The Hall–Kier alpha value is -1.58. The lowest BCUT2D eigenvalue weighted by atomic mass is 10.0. The summed E-state index contributed by atoms with van der Waals surface area (Å²) in [4.78, 5) is 10.6. The zero-order valence-corrected chi connectivity index (χ0v) is 11.7. The van der Waals surface area contributed by atoms with Crippen LogP contribution in [0, 0.1) is 0 Å². The Kier molecular flexibility index (Phi) is 6.33. The molecule has 2 rings (SSSR count). The van der Waals surface area contributed by atoms with Crippen LogP contribution in [0.3, 0.4) is 0 Å². The van der Waals surface area contributed by atoms with Crippen molar-refractivity contribution in [2.45, 2.75) is 13.5 Å². The molecule has 0 unspecified atom stereocenters. The van der Waals surface area contributed by atoms with E-state index in [1.165, 1.54) is 23.3 Å². The van der Waals surface area contributed by atoms with Gasteiger partial charge >= 0.3 is 5.97 Å². The largest absolute Gasteiger partial charge is 1.00 e. The predicted octanol–water partition coefficient (Wildman–Crippen LogP) is -1.53. The molecule has 0 fully saturated rings. The smallest absolute Gasteiger partial charge is 0.302 e. The van der Waals surface area contributed by atoms with E-state index in [2.05, 4.69) is 47.8 Å². The van der Waals surface area contributed by atoms with Gasteiger partial charge in [-0.25, -0.2) is 0 Å². The summed E-state index contributed by atoms with van der Waals surface area (Å²) in [5.41, 5.74) is 1.32. The third-order valence-electron chi connectivity index (χ3n) is 2.87. The minimum absolute atomic E-state index is 0. The first-order chi connectivity index (χ1) is 8.77. The normalized spacial score (nSPS) is 9.95. The Morgan fingerprint density at radius 1 is 1.16 bits per heavy atom. The van der Waals surface area contributed by atoms with E-state index in [1.54, 1.807) is 0 Å². The van der Waals surface area contributed by atoms with E-state index in [-0.39, 0.29) is 18.4 Å². The lowest BCUT2D eigenvalue weighted by Gasteiger charge is -2.06. The highest BCUT2D eigenvalue weighted by atomic mass is 35.5. The highest BCUT2D eigenvalue weighted by Crippen LogP contribution is 2.17. The molecule has 102 valence electrons. The maximum Gasteiger partial charge on any atom is 0.302 e. The Balaban J connectivity index is 0.00000180. The molecule has 0 aliphatic heterocycles. The Morgan fingerprint density at radius 2 is 1.89 bits per heavy atom. The number of benzene rings is 2. The quantitative estimate of drug-likeness (QED) is 0.533. The van der Waals surface area contributed by atoms with Crippen molar-refractivity contribution in [3.05, 3.63) is 48.0 Å². The molecule has 0 saturated carbocycles. The van der Waals surface area contributed by atoms with Gasteiger partial charge in [0.2, 0.25) is 0 Å². The average Bonchev–Trinajstić information content (AvgIpc) is 2.38. The molecule has 2 N–H and O–H groups in total. The highest BCUT2D eigenvalue weighted by molar-refractivity contribution is 5.85. The van der Waals surface area contributed by atoms with Gasteiger partial charge in [-0.3, -0.25) is 4.79 Å². The molecule has 19 heavy (non-hydrogen) atoms. The average molecular weight is 280 g/mol. The summed E-state index contributed by atoms with van der Waals surface area (Å²) in [5, 5.41) is 4.72. The predicted molar refractivity (Wildman–Crippen MR) is 71.1 cm³/mol. The van der Waals surface area contributed by atoms with Gasteiger partial charge in [0.25, 0.3) is 0 Å². The van der Waals surface area contributed by atoms with Gasteiger partial charge in [0, 0.05) is 12.5 Å². The van der Waals surface area contributed by atoms with E-state index in [1.807, 2.05) is 0 Å². The van der Waals surface area contributed by atoms with Crippen LogP contribution in [0.2, 0.25) is 0 Å².